The van der Waals surface area contributed by atoms with Gasteiger partial charge in [0.05, 0.1) is 6.61 Å². The molecule has 0 fully saturated rings. The second-order valence-electron chi connectivity index (χ2n) is 3.57. The van der Waals surface area contributed by atoms with Gasteiger partial charge >= 0.3 is 5.97 Å². The molecule has 0 saturated heterocycles. The van der Waals surface area contributed by atoms with Crippen molar-refractivity contribution in [3.63, 3.8) is 0 Å². The summed E-state index contributed by atoms with van der Waals surface area (Å²) in [5, 5.41) is 0. The van der Waals surface area contributed by atoms with Gasteiger partial charge in [0.2, 0.25) is 0 Å². The van der Waals surface area contributed by atoms with Crippen molar-refractivity contribution in [3.05, 3.63) is 0 Å². The van der Waals surface area contributed by atoms with E-state index in [1.807, 2.05) is 0 Å². The molecule has 0 aliphatic carbocycles. The average molecular weight is 293 g/mol. The molecule has 0 aromatic rings. The molecule has 0 saturated carbocycles. The van der Waals surface area contributed by atoms with Gasteiger partial charge < -0.3 is 4.74 Å². The molecule has 0 radical (unpaired) electrons. The first-order valence-electron chi connectivity index (χ1n) is 5.21. The van der Waals surface area contributed by atoms with Crippen LogP contribution in [0, 0.1) is 0 Å². The molecule has 0 unspecified atom stereocenters. The molecule has 0 N–H and O–H groups in total. The highest BCUT2D eigenvalue weighted by Crippen LogP contribution is 2.27. The molecule has 4 nitrogen and oxygen atoms in total. The number of ketones is 2. The summed E-state index contributed by atoms with van der Waals surface area (Å²) in [5.74, 6) is -0.767. The van der Waals surface area contributed by atoms with E-state index in [4.69, 9.17) is 4.74 Å². The Balaban J connectivity index is 4.20. The zero-order valence-corrected chi connectivity index (χ0v) is 11.4. The summed E-state index contributed by atoms with van der Waals surface area (Å²) < 4.78 is 3.61. The van der Waals surface area contributed by atoms with Crippen molar-refractivity contribution < 1.29 is 19.1 Å². The molecule has 0 spiro atoms. The third-order valence-corrected chi connectivity index (χ3v) is 3.84. The predicted octanol–water partition coefficient (Wildman–Crippen LogP) is 2.03. The van der Waals surface area contributed by atoms with E-state index in [1.165, 1.54) is 13.8 Å². The standard InChI is InChI=1S/C11H17BrO4/c1-4-16-10(15)6-5-7-11(12,8(2)13)9(3)14/h4-7H2,1-3H3. The van der Waals surface area contributed by atoms with E-state index in [0.717, 1.165) is 0 Å². The molecule has 0 aromatic heterocycles. The maximum atomic E-state index is 11.3. The van der Waals surface area contributed by atoms with Gasteiger partial charge in [-0.3, -0.25) is 14.4 Å². The van der Waals surface area contributed by atoms with Crippen LogP contribution in [-0.4, -0.2) is 28.5 Å². The topological polar surface area (TPSA) is 60.4 Å². The normalized spacial score (nSPS) is 11.0. The van der Waals surface area contributed by atoms with Crippen molar-refractivity contribution in [2.24, 2.45) is 0 Å². The number of alkyl halides is 1. The van der Waals surface area contributed by atoms with Gasteiger partial charge in [0.25, 0.3) is 0 Å². The summed E-state index contributed by atoms with van der Waals surface area (Å²) in [6, 6.07) is 0. The first kappa shape index (κ1) is 15.3. The Morgan fingerprint density at radius 2 is 1.69 bits per heavy atom. The number of carbonyl (C=O) groups excluding carboxylic acids is 3. The van der Waals surface area contributed by atoms with Crippen LogP contribution in [-0.2, 0) is 19.1 Å². The number of Topliss-reactive ketones (excluding diaryl/α,β-unsaturated/α-hetero) is 2. The van der Waals surface area contributed by atoms with Crippen molar-refractivity contribution in [2.45, 2.75) is 44.4 Å². The summed E-state index contributed by atoms with van der Waals surface area (Å²) in [6.45, 7) is 4.80. The minimum atomic E-state index is -1.14. The lowest BCUT2D eigenvalue weighted by Crippen LogP contribution is -2.37. The molecular formula is C11H17BrO4. The highest BCUT2D eigenvalue weighted by Gasteiger charge is 2.36. The number of hydrogen-bond acceptors (Lipinski definition) is 4. The van der Waals surface area contributed by atoms with Crippen LogP contribution >= 0.6 is 15.9 Å². The van der Waals surface area contributed by atoms with E-state index in [1.54, 1.807) is 6.92 Å². The van der Waals surface area contributed by atoms with Crippen LogP contribution in [0.2, 0.25) is 0 Å². The molecule has 0 aliphatic rings. The fourth-order valence-corrected chi connectivity index (χ4v) is 1.59. The Hall–Kier alpha value is -0.710. The van der Waals surface area contributed by atoms with Gasteiger partial charge in [-0.1, -0.05) is 15.9 Å². The number of rotatable bonds is 7. The van der Waals surface area contributed by atoms with Crippen LogP contribution in [0.5, 0.6) is 0 Å². The smallest absolute Gasteiger partial charge is 0.305 e. The Morgan fingerprint density at radius 3 is 2.06 bits per heavy atom. The molecule has 0 aliphatic heterocycles. The number of ether oxygens (including phenoxy) is 1. The second kappa shape index (κ2) is 6.78. The number of esters is 1. The highest BCUT2D eigenvalue weighted by atomic mass is 79.9. The van der Waals surface area contributed by atoms with E-state index in [2.05, 4.69) is 15.9 Å². The fourth-order valence-electron chi connectivity index (χ4n) is 1.31. The average Bonchev–Trinajstić information content (AvgIpc) is 2.17. The molecule has 0 amide bonds. The van der Waals surface area contributed by atoms with Gasteiger partial charge in [0.1, 0.15) is 4.32 Å². The summed E-state index contributed by atoms with van der Waals surface area (Å²) >= 11 is 3.15. The fraction of sp³-hybridized carbons (Fsp3) is 0.727. The lowest BCUT2D eigenvalue weighted by molar-refractivity contribution is -0.143. The summed E-state index contributed by atoms with van der Waals surface area (Å²) in [6.07, 6.45) is 0.988. The monoisotopic (exact) mass is 292 g/mol. The maximum absolute atomic E-state index is 11.3. The van der Waals surface area contributed by atoms with Crippen molar-refractivity contribution in [2.75, 3.05) is 6.61 Å². The van der Waals surface area contributed by atoms with Crippen molar-refractivity contribution in [1.82, 2.24) is 0 Å². The van der Waals surface area contributed by atoms with E-state index in [0.29, 0.717) is 19.4 Å². The summed E-state index contributed by atoms with van der Waals surface area (Å²) in [7, 11) is 0. The lowest BCUT2D eigenvalue weighted by atomic mass is 9.94. The zero-order chi connectivity index (χ0) is 12.8. The Labute approximate surface area is 104 Å². The van der Waals surface area contributed by atoms with Crippen LogP contribution in [0.15, 0.2) is 0 Å². The summed E-state index contributed by atoms with van der Waals surface area (Å²) in [4.78, 5) is 33.7. The van der Waals surface area contributed by atoms with Crippen LogP contribution in [0.1, 0.15) is 40.0 Å². The molecule has 16 heavy (non-hydrogen) atoms. The largest absolute Gasteiger partial charge is 0.466 e. The number of carbonyl (C=O) groups is 3. The Morgan fingerprint density at radius 1 is 1.19 bits per heavy atom. The van der Waals surface area contributed by atoms with Crippen LogP contribution in [0.3, 0.4) is 0 Å². The minimum absolute atomic E-state index is 0.224. The number of hydrogen-bond donors (Lipinski definition) is 0. The first-order valence-corrected chi connectivity index (χ1v) is 6.00. The Bertz CT molecular complexity index is 272. The molecule has 0 aromatic carbocycles. The van der Waals surface area contributed by atoms with Gasteiger partial charge in [-0.15, -0.1) is 0 Å². The summed E-state index contributed by atoms with van der Waals surface area (Å²) in [5.41, 5.74) is 0. The van der Waals surface area contributed by atoms with Gasteiger partial charge in [-0.2, -0.15) is 0 Å². The van der Waals surface area contributed by atoms with E-state index in [9.17, 15) is 14.4 Å². The zero-order valence-electron chi connectivity index (χ0n) is 9.84. The molecule has 5 heteroatoms. The lowest BCUT2D eigenvalue weighted by Gasteiger charge is -2.20. The molecule has 92 valence electrons. The van der Waals surface area contributed by atoms with Crippen LogP contribution in [0.25, 0.3) is 0 Å². The number of halogens is 1. The van der Waals surface area contributed by atoms with Crippen LogP contribution < -0.4 is 0 Å². The molecule has 0 rings (SSSR count). The minimum Gasteiger partial charge on any atom is -0.466 e. The van der Waals surface area contributed by atoms with Crippen LogP contribution in [0.4, 0.5) is 0 Å². The Kier molecular flexibility index (Phi) is 6.48. The van der Waals surface area contributed by atoms with E-state index >= 15 is 0 Å². The van der Waals surface area contributed by atoms with Crippen molar-refractivity contribution in [3.8, 4) is 0 Å². The van der Waals surface area contributed by atoms with E-state index < -0.39 is 4.32 Å². The van der Waals surface area contributed by atoms with E-state index in [-0.39, 0.29) is 24.0 Å². The van der Waals surface area contributed by atoms with Gasteiger partial charge in [-0.05, 0) is 33.6 Å². The van der Waals surface area contributed by atoms with Crippen molar-refractivity contribution >= 4 is 33.5 Å². The van der Waals surface area contributed by atoms with Gasteiger partial charge in [0.15, 0.2) is 11.6 Å². The van der Waals surface area contributed by atoms with Gasteiger partial charge in [-0.25, -0.2) is 0 Å². The second-order valence-corrected chi connectivity index (χ2v) is 4.93. The SMILES string of the molecule is CCOC(=O)CCCC(Br)(C(C)=O)C(C)=O. The predicted molar refractivity (Wildman–Crippen MR) is 63.5 cm³/mol. The molecule has 0 atom stereocenters. The van der Waals surface area contributed by atoms with Crippen molar-refractivity contribution in [1.29, 1.82) is 0 Å². The molecular weight excluding hydrogens is 276 g/mol. The third-order valence-electron chi connectivity index (χ3n) is 2.32. The third kappa shape index (κ3) is 4.43. The van der Waals surface area contributed by atoms with Gasteiger partial charge in [0, 0.05) is 6.42 Å². The first-order chi connectivity index (χ1) is 7.34. The molecule has 0 heterocycles. The quantitative estimate of drug-likeness (QED) is 0.409. The molecule has 0 bridgehead atoms. The highest BCUT2D eigenvalue weighted by molar-refractivity contribution is 9.10. The maximum Gasteiger partial charge on any atom is 0.305 e.